The molecule has 1 amide bonds. The lowest BCUT2D eigenvalue weighted by molar-refractivity contribution is 0.102. The fraction of sp³-hybridized carbons (Fsp3) is 0.161. The zero-order valence-electron chi connectivity index (χ0n) is 20.5. The highest BCUT2D eigenvalue weighted by Crippen LogP contribution is 2.36. The van der Waals surface area contributed by atoms with Crippen molar-refractivity contribution >= 4 is 28.3 Å². The molecular weight excluding hydrogens is 458 g/mol. The third-order valence-corrected chi connectivity index (χ3v) is 7.43. The first-order valence-corrected chi connectivity index (χ1v) is 12.8. The Morgan fingerprint density at radius 1 is 0.757 bits per heavy atom. The largest absolute Gasteiger partial charge is 0.369 e. The topological polar surface area (TPSA) is 53.4 Å². The van der Waals surface area contributed by atoms with E-state index in [0.717, 1.165) is 66.5 Å². The molecule has 4 aromatic carbocycles. The number of amides is 1. The molecule has 0 atom stereocenters. The number of imidazole rings is 1. The van der Waals surface area contributed by atoms with Gasteiger partial charge in [-0.2, -0.15) is 0 Å². The number of rotatable bonds is 4. The van der Waals surface area contributed by atoms with Gasteiger partial charge in [-0.1, -0.05) is 48.5 Å². The van der Waals surface area contributed by atoms with Crippen LogP contribution in [-0.4, -0.2) is 46.5 Å². The zero-order chi connectivity index (χ0) is 24.8. The summed E-state index contributed by atoms with van der Waals surface area (Å²) in [5.74, 6) is 0.732. The number of benzene rings is 4. The van der Waals surface area contributed by atoms with Crippen molar-refractivity contribution < 1.29 is 4.79 Å². The van der Waals surface area contributed by atoms with Crippen LogP contribution in [0.3, 0.4) is 0 Å². The van der Waals surface area contributed by atoms with E-state index in [1.54, 1.807) is 0 Å². The SMILES string of the molecule is O=C1Nc2ccccc2-n2c(-c3ccc(N4CCN(Cc5ccccc5)CC4)cc3)nc3cccc1c32. The first-order valence-electron chi connectivity index (χ1n) is 12.8. The Bertz CT molecular complexity index is 1600. The van der Waals surface area contributed by atoms with E-state index < -0.39 is 0 Å². The van der Waals surface area contributed by atoms with Gasteiger partial charge in [0, 0.05) is 44.0 Å². The van der Waals surface area contributed by atoms with Crippen LogP contribution in [0, 0.1) is 0 Å². The summed E-state index contributed by atoms with van der Waals surface area (Å²) in [7, 11) is 0. The number of aromatic nitrogens is 2. The van der Waals surface area contributed by atoms with E-state index in [-0.39, 0.29) is 5.91 Å². The van der Waals surface area contributed by atoms with Crippen LogP contribution >= 0.6 is 0 Å². The van der Waals surface area contributed by atoms with Crippen LogP contribution in [0.5, 0.6) is 0 Å². The maximum atomic E-state index is 13.0. The number of piperazine rings is 1. The van der Waals surface area contributed by atoms with Gasteiger partial charge >= 0.3 is 0 Å². The number of para-hydroxylation sites is 3. The van der Waals surface area contributed by atoms with Crippen LogP contribution in [0.15, 0.2) is 97.1 Å². The average molecular weight is 486 g/mol. The van der Waals surface area contributed by atoms with Crippen molar-refractivity contribution in [3.63, 3.8) is 0 Å². The fourth-order valence-electron chi connectivity index (χ4n) is 5.53. The molecule has 0 saturated carbocycles. The predicted octanol–water partition coefficient (Wildman–Crippen LogP) is 5.58. The minimum absolute atomic E-state index is 0.106. The molecule has 6 nitrogen and oxygen atoms in total. The second kappa shape index (κ2) is 8.91. The maximum absolute atomic E-state index is 13.0. The molecule has 1 aromatic heterocycles. The standard InChI is InChI=1S/C31H27N5O/c37-31-25-9-6-11-27-29(25)36(28-12-5-4-10-26(28)33-31)30(32-27)23-13-15-24(16-14-23)35-19-17-34(18-20-35)21-22-7-2-1-3-8-22/h1-16H,17-21H2,(H,33,37). The Morgan fingerprint density at radius 2 is 1.51 bits per heavy atom. The van der Waals surface area contributed by atoms with Crippen molar-refractivity contribution in [2.75, 3.05) is 36.4 Å². The second-order valence-electron chi connectivity index (χ2n) is 9.71. The summed E-state index contributed by atoms with van der Waals surface area (Å²) >= 11 is 0. The number of fused-ring (bicyclic) bond motifs is 2. The van der Waals surface area contributed by atoms with E-state index in [4.69, 9.17) is 4.98 Å². The maximum Gasteiger partial charge on any atom is 0.257 e. The Hall–Kier alpha value is -4.42. The molecule has 1 N–H and O–H groups in total. The molecule has 6 heteroatoms. The molecule has 0 unspecified atom stereocenters. The molecule has 0 radical (unpaired) electrons. The molecule has 0 spiro atoms. The van der Waals surface area contributed by atoms with Crippen molar-refractivity contribution in [2.45, 2.75) is 6.54 Å². The molecule has 0 aliphatic carbocycles. The molecule has 182 valence electrons. The van der Waals surface area contributed by atoms with E-state index in [0.29, 0.717) is 5.56 Å². The highest BCUT2D eigenvalue weighted by Gasteiger charge is 2.25. The number of anilines is 2. The van der Waals surface area contributed by atoms with Gasteiger partial charge < -0.3 is 10.2 Å². The number of nitrogens with one attached hydrogen (secondary N) is 1. The van der Waals surface area contributed by atoms with Gasteiger partial charge in [-0.05, 0) is 54.1 Å². The van der Waals surface area contributed by atoms with Crippen LogP contribution in [0.2, 0.25) is 0 Å². The molecule has 3 heterocycles. The van der Waals surface area contributed by atoms with Crippen LogP contribution in [-0.2, 0) is 6.54 Å². The van der Waals surface area contributed by atoms with Crippen molar-refractivity contribution in [1.82, 2.24) is 14.5 Å². The van der Waals surface area contributed by atoms with Crippen molar-refractivity contribution in [1.29, 1.82) is 0 Å². The summed E-state index contributed by atoms with van der Waals surface area (Å²) in [6.45, 7) is 5.12. The molecule has 1 saturated heterocycles. The van der Waals surface area contributed by atoms with Crippen LogP contribution in [0.1, 0.15) is 15.9 Å². The lowest BCUT2D eigenvalue weighted by atomic mass is 10.1. The van der Waals surface area contributed by atoms with Gasteiger partial charge in [-0.25, -0.2) is 4.98 Å². The number of carbonyl (C=O) groups excluding carboxylic acids is 1. The van der Waals surface area contributed by atoms with E-state index in [9.17, 15) is 4.79 Å². The van der Waals surface area contributed by atoms with E-state index in [1.165, 1.54) is 11.3 Å². The zero-order valence-corrected chi connectivity index (χ0v) is 20.5. The first-order chi connectivity index (χ1) is 18.2. The molecule has 0 bridgehead atoms. The van der Waals surface area contributed by atoms with Crippen LogP contribution < -0.4 is 10.2 Å². The van der Waals surface area contributed by atoms with Gasteiger partial charge in [0.2, 0.25) is 0 Å². The minimum Gasteiger partial charge on any atom is -0.369 e. The number of hydrogen-bond donors (Lipinski definition) is 1. The number of hydrogen-bond acceptors (Lipinski definition) is 4. The third-order valence-electron chi connectivity index (χ3n) is 7.43. The highest BCUT2D eigenvalue weighted by atomic mass is 16.1. The molecule has 1 fully saturated rings. The highest BCUT2D eigenvalue weighted by molar-refractivity contribution is 6.14. The summed E-state index contributed by atoms with van der Waals surface area (Å²) in [4.78, 5) is 22.9. The third kappa shape index (κ3) is 3.86. The minimum atomic E-state index is -0.106. The first kappa shape index (κ1) is 21.8. The van der Waals surface area contributed by atoms with E-state index >= 15 is 0 Å². The van der Waals surface area contributed by atoms with Crippen molar-refractivity contribution in [3.8, 4) is 17.1 Å². The predicted molar refractivity (Wildman–Crippen MR) is 148 cm³/mol. The monoisotopic (exact) mass is 485 g/mol. The smallest absolute Gasteiger partial charge is 0.257 e. The van der Waals surface area contributed by atoms with Gasteiger partial charge in [-0.15, -0.1) is 0 Å². The van der Waals surface area contributed by atoms with Gasteiger partial charge in [0.15, 0.2) is 0 Å². The van der Waals surface area contributed by atoms with Gasteiger partial charge in [-0.3, -0.25) is 14.3 Å². The lowest BCUT2D eigenvalue weighted by Gasteiger charge is -2.36. The normalized spacial score (nSPS) is 15.4. The molecular formula is C31H27N5O. The Morgan fingerprint density at radius 3 is 2.32 bits per heavy atom. The summed E-state index contributed by atoms with van der Waals surface area (Å²) in [6.07, 6.45) is 0. The summed E-state index contributed by atoms with van der Waals surface area (Å²) in [6, 6.07) is 33.0. The Kier molecular flexibility index (Phi) is 5.26. The molecule has 37 heavy (non-hydrogen) atoms. The summed E-state index contributed by atoms with van der Waals surface area (Å²) < 4.78 is 2.12. The second-order valence-corrected chi connectivity index (χ2v) is 9.71. The van der Waals surface area contributed by atoms with Crippen molar-refractivity contribution in [3.05, 3.63) is 108 Å². The van der Waals surface area contributed by atoms with E-state index in [2.05, 4.69) is 74.3 Å². The van der Waals surface area contributed by atoms with Gasteiger partial charge in [0.25, 0.3) is 5.91 Å². The molecule has 5 aromatic rings. The van der Waals surface area contributed by atoms with Crippen LogP contribution in [0.25, 0.3) is 28.1 Å². The van der Waals surface area contributed by atoms with Gasteiger partial charge in [0.1, 0.15) is 5.82 Å². The quantitative estimate of drug-likeness (QED) is 0.361. The molecule has 2 aliphatic heterocycles. The van der Waals surface area contributed by atoms with E-state index in [1.807, 2.05) is 42.5 Å². The summed E-state index contributed by atoms with van der Waals surface area (Å²) in [5.41, 5.74) is 7.64. The van der Waals surface area contributed by atoms with Gasteiger partial charge in [0.05, 0.1) is 28.0 Å². The van der Waals surface area contributed by atoms with Crippen molar-refractivity contribution in [2.24, 2.45) is 0 Å². The number of carbonyl (C=O) groups is 1. The Balaban J connectivity index is 1.18. The van der Waals surface area contributed by atoms with Crippen LogP contribution in [0.4, 0.5) is 11.4 Å². The fourth-order valence-corrected chi connectivity index (χ4v) is 5.53. The summed E-state index contributed by atoms with van der Waals surface area (Å²) in [5, 5.41) is 3.07. The number of nitrogens with zero attached hydrogens (tertiary/aromatic N) is 4. The molecule has 2 aliphatic rings. The average Bonchev–Trinajstić information content (AvgIpc) is 3.28. The lowest BCUT2D eigenvalue weighted by Crippen LogP contribution is -2.45. The Labute approximate surface area is 215 Å². The molecule has 7 rings (SSSR count).